The number of anilines is 1. The van der Waals surface area contributed by atoms with Gasteiger partial charge in [0, 0.05) is 0 Å². The number of carboxylic acids is 1. The van der Waals surface area contributed by atoms with Crippen LogP contribution in [0.4, 0.5) is 5.69 Å². The van der Waals surface area contributed by atoms with E-state index in [2.05, 4.69) is 5.32 Å². The summed E-state index contributed by atoms with van der Waals surface area (Å²) in [5.74, 6) is -1.46. The topological polar surface area (TPSA) is 66.4 Å². The largest absolute Gasteiger partial charge is 0.481 e. The van der Waals surface area contributed by atoms with Crippen molar-refractivity contribution < 1.29 is 14.7 Å². The maximum absolute atomic E-state index is 12.2. The summed E-state index contributed by atoms with van der Waals surface area (Å²) in [5.41, 5.74) is 1.03. The van der Waals surface area contributed by atoms with Gasteiger partial charge in [-0.3, -0.25) is 9.59 Å². The Morgan fingerprint density at radius 2 is 1.64 bits per heavy atom. The van der Waals surface area contributed by atoms with Crippen LogP contribution in [0.2, 0.25) is 15.1 Å². The third-order valence-electron chi connectivity index (χ3n) is 2.83. The second-order valence-electron chi connectivity index (χ2n) is 4.44. The zero-order chi connectivity index (χ0) is 16.3. The van der Waals surface area contributed by atoms with Gasteiger partial charge >= 0.3 is 5.97 Å². The van der Waals surface area contributed by atoms with Crippen LogP contribution in [0.1, 0.15) is 15.9 Å². The summed E-state index contributed by atoms with van der Waals surface area (Å²) in [5, 5.41) is 12.0. The Bertz CT molecular complexity index is 727. The van der Waals surface area contributed by atoms with Crippen LogP contribution in [0.15, 0.2) is 36.4 Å². The Morgan fingerprint density at radius 3 is 2.18 bits per heavy atom. The molecule has 0 saturated heterocycles. The first-order chi connectivity index (χ1) is 10.4. The monoisotopic (exact) mass is 357 g/mol. The predicted molar refractivity (Wildman–Crippen MR) is 87.2 cm³/mol. The van der Waals surface area contributed by atoms with Crippen molar-refractivity contribution in [3.8, 4) is 0 Å². The summed E-state index contributed by atoms with van der Waals surface area (Å²) >= 11 is 18.0. The van der Waals surface area contributed by atoms with Crippen molar-refractivity contribution in [2.75, 3.05) is 5.32 Å². The SMILES string of the molecule is O=C(O)Cc1ccc(NC(=O)c2c(Cl)cccc2Cl)c(Cl)c1. The molecule has 114 valence electrons. The standard InChI is InChI=1S/C15H10Cl3NO3/c16-9-2-1-3-10(17)14(9)15(22)19-12-5-4-8(6-11(12)18)7-13(20)21/h1-6H,7H2,(H,19,22)(H,20,21). The highest BCUT2D eigenvalue weighted by molar-refractivity contribution is 6.40. The molecule has 4 nitrogen and oxygen atoms in total. The normalized spacial score (nSPS) is 10.3. The van der Waals surface area contributed by atoms with Crippen molar-refractivity contribution in [1.82, 2.24) is 0 Å². The smallest absolute Gasteiger partial charge is 0.307 e. The van der Waals surface area contributed by atoms with E-state index in [1.807, 2.05) is 0 Å². The number of carbonyl (C=O) groups is 2. The van der Waals surface area contributed by atoms with E-state index in [1.165, 1.54) is 12.1 Å². The zero-order valence-corrected chi connectivity index (χ0v) is 13.3. The first-order valence-electron chi connectivity index (χ1n) is 6.14. The van der Waals surface area contributed by atoms with Gasteiger partial charge in [-0.15, -0.1) is 0 Å². The van der Waals surface area contributed by atoms with Gasteiger partial charge in [-0.05, 0) is 29.8 Å². The average molecular weight is 359 g/mol. The third-order valence-corrected chi connectivity index (χ3v) is 3.77. The minimum absolute atomic E-state index is 0.149. The van der Waals surface area contributed by atoms with E-state index in [9.17, 15) is 9.59 Å². The molecule has 0 heterocycles. The van der Waals surface area contributed by atoms with Crippen molar-refractivity contribution in [1.29, 1.82) is 0 Å². The Hall–Kier alpha value is -1.75. The van der Waals surface area contributed by atoms with Gasteiger partial charge in [0.25, 0.3) is 5.91 Å². The molecule has 0 aliphatic heterocycles. The molecular weight excluding hydrogens is 349 g/mol. The summed E-state index contributed by atoms with van der Waals surface area (Å²) in [7, 11) is 0. The Morgan fingerprint density at radius 1 is 1.00 bits per heavy atom. The summed E-state index contributed by atoms with van der Waals surface area (Å²) in [4.78, 5) is 22.9. The van der Waals surface area contributed by atoms with E-state index in [4.69, 9.17) is 39.9 Å². The summed E-state index contributed by atoms with van der Waals surface area (Å²) in [6.45, 7) is 0. The van der Waals surface area contributed by atoms with E-state index in [-0.39, 0.29) is 27.1 Å². The van der Waals surface area contributed by atoms with Crippen molar-refractivity contribution in [3.05, 3.63) is 62.6 Å². The Balaban J connectivity index is 2.24. The molecule has 2 rings (SSSR count). The number of hydrogen-bond donors (Lipinski definition) is 2. The van der Waals surface area contributed by atoms with E-state index < -0.39 is 11.9 Å². The minimum atomic E-state index is -0.962. The lowest BCUT2D eigenvalue weighted by molar-refractivity contribution is -0.136. The molecule has 0 aliphatic carbocycles. The molecule has 22 heavy (non-hydrogen) atoms. The van der Waals surface area contributed by atoms with Crippen LogP contribution >= 0.6 is 34.8 Å². The molecule has 0 saturated carbocycles. The minimum Gasteiger partial charge on any atom is -0.481 e. The quantitative estimate of drug-likeness (QED) is 0.844. The molecule has 1 amide bonds. The fourth-order valence-corrected chi connectivity index (χ4v) is 2.66. The van der Waals surface area contributed by atoms with Crippen LogP contribution in [0.5, 0.6) is 0 Å². The van der Waals surface area contributed by atoms with Crippen molar-refractivity contribution in [3.63, 3.8) is 0 Å². The van der Waals surface area contributed by atoms with Crippen LogP contribution in [-0.4, -0.2) is 17.0 Å². The predicted octanol–water partition coefficient (Wildman–Crippen LogP) is 4.53. The van der Waals surface area contributed by atoms with Crippen LogP contribution in [0.3, 0.4) is 0 Å². The van der Waals surface area contributed by atoms with Gasteiger partial charge < -0.3 is 10.4 Å². The summed E-state index contributed by atoms with van der Waals surface area (Å²) in [6, 6.07) is 9.33. The molecule has 0 aromatic heterocycles. The molecule has 2 aromatic carbocycles. The number of benzene rings is 2. The van der Waals surface area contributed by atoms with Gasteiger partial charge in [0.2, 0.25) is 0 Å². The molecule has 7 heteroatoms. The van der Waals surface area contributed by atoms with Crippen molar-refractivity contribution in [2.45, 2.75) is 6.42 Å². The van der Waals surface area contributed by atoms with Gasteiger partial charge in [0.05, 0.1) is 32.7 Å². The molecule has 2 N–H and O–H groups in total. The molecule has 0 aliphatic rings. The molecule has 0 fully saturated rings. The summed E-state index contributed by atoms with van der Waals surface area (Å²) in [6.07, 6.45) is -0.149. The van der Waals surface area contributed by atoms with Gasteiger partial charge in [0.15, 0.2) is 0 Å². The number of carboxylic acid groups (broad SMARTS) is 1. The number of carbonyl (C=O) groups excluding carboxylic acids is 1. The van der Waals surface area contributed by atoms with Crippen LogP contribution in [0.25, 0.3) is 0 Å². The number of halogens is 3. The fraction of sp³-hybridized carbons (Fsp3) is 0.0667. The molecule has 0 atom stereocenters. The maximum atomic E-state index is 12.2. The highest BCUT2D eigenvalue weighted by Crippen LogP contribution is 2.28. The van der Waals surface area contributed by atoms with Crippen LogP contribution < -0.4 is 5.32 Å². The van der Waals surface area contributed by atoms with Crippen molar-refractivity contribution in [2.24, 2.45) is 0 Å². The maximum Gasteiger partial charge on any atom is 0.307 e. The number of amides is 1. The Labute approximate surface area is 141 Å². The van der Waals surface area contributed by atoms with Gasteiger partial charge in [-0.1, -0.05) is 46.9 Å². The molecule has 2 aromatic rings. The van der Waals surface area contributed by atoms with Crippen LogP contribution in [-0.2, 0) is 11.2 Å². The van der Waals surface area contributed by atoms with E-state index in [0.29, 0.717) is 11.3 Å². The summed E-state index contributed by atoms with van der Waals surface area (Å²) < 4.78 is 0. The second-order valence-corrected chi connectivity index (χ2v) is 5.66. The molecule has 0 bridgehead atoms. The van der Waals surface area contributed by atoms with E-state index >= 15 is 0 Å². The first-order valence-corrected chi connectivity index (χ1v) is 7.27. The second kappa shape index (κ2) is 7.01. The lowest BCUT2D eigenvalue weighted by Gasteiger charge is -2.10. The molecule has 0 spiro atoms. The lowest BCUT2D eigenvalue weighted by atomic mass is 10.1. The van der Waals surface area contributed by atoms with E-state index in [0.717, 1.165) is 0 Å². The number of rotatable bonds is 4. The third kappa shape index (κ3) is 3.91. The number of aliphatic carboxylic acids is 1. The highest BCUT2D eigenvalue weighted by Gasteiger charge is 2.16. The van der Waals surface area contributed by atoms with Gasteiger partial charge in [-0.25, -0.2) is 0 Å². The average Bonchev–Trinajstić information content (AvgIpc) is 2.41. The zero-order valence-electron chi connectivity index (χ0n) is 11.1. The van der Waals surface area contributed by atoms with Gasteiger partial charge in [-0.2, -0.15) is 0 Å². The fourth-order valence-electron chi connectivity index (χ4n) is 1.84. The number of nitrogens with one attached hydrogen (secondary N) is 1. The molecule has 0 unspecified atom stereocenters. The lowest BCUT2D eigenvalue weighted by Crippen LogP contribution is -2.13. The number of hydrogen-bond acceptors (Lipinski definition) is 2. The van der Waals surface area contributed by atoms with Crippen molar-refractivity contribution >= 4 is 52.4 Å². The molecular formula is C15H10Cl3NO3. The Kier molecular flexibility index (Phi) is 5.29. The molecule has 0 radical (unpaired) electrons. The first kappa shape index (κ1) is 16.6. The highest BCUT2D eigenvalue weighted by atomic mass is 35.5. The van der Waals surface area contributed by atoms with E-state index in [1.54, 1.807) is 24.3 Å². The van der Waals surface area contributed by atoms with Gasteiger partial charge in [0.1, 0.15) is 0 Å². The van der Waals surface area contributed by atoms with Crippen LogP contribution in [0, 0.1) is 0 Å².